The van der Waals surface area contributed by atoms with E-state index in [1.54, 1.807) is 4.68 Å². The quantitative estimate of drug-likeness (QED) is 0.723. The third-order valence-corrected chi connectivity index (χ3v) is 3.23. The largest absolute Gasteiger partial charge is 0.383 e. The first-order valence-corrected chi connectivity index (χ1v) is 6.16. The monoisotopic (exact) mass is 339 g/mol. The standard InChI is InChI=1S/C11H10IN5/c1-17-5-7-10(13)14-9-4-6(12)2-3-8(9)15-11(7)16-17/h2-5H,1H3,(H2,13,14)(H,15,16). The van der Waals surface area contributed by atoms with Crippen molar-refractivity contribution in [2.75, 3.05) is 5.32 Å². The third-order valence-electron chi connectivity index (χ3n) is 2.56. The fourth-order valence-electron chi connectivity index (χ4n) is 1.79. The number of nitrogens with one attached hydrogen (secondary N) is 1. The summed E-state index contributed by atoms with van der Waals surface area (Å²) in [7, 11) is 1.86. The van der Waals surface area contributed by atoms with Crippen molar-refractivity contribution < 1.29 is 0 Å². The number of aromatic nitrogens is 2. The molecule has 0 saturated carbocycles. The third kappa shape index (κ3) is 1.78. The van der Waals surface area contributed by atoms with Gasteiger partial charge < -0.3 is 11.1 Å². The predicted octanol–water partition coefficient (Wildman–Crippen LogP) is 2.12. The van der Waals surface area contributed by atoms with Crippen molar-refractivity contribution in [2.45, 2.75) is 0 Å². The average Bonchev–Trinajstić information content (AvgIpc) is 2.58. The Balaban J connectivity index is 2.22. The Bertz CT molecular complexity index is 629. The molecule has 2 heterocycles. The second-order valence-corrected chi connectivity index (χ2v) is 5.09. The lowest BCUT2D eigenvalue weighted by molar-refractivity contribution is 0.771. The van der Waals surface area contributed by atoms with Crippen LogP contribution in [0.5, 0.6) is 0 Å². The van der Waals surface area contributed by atoms with Gasteiger partial charge in [-0.25, -0.2) is 4.99 Å². The Morgan fingerprint density at radius 3 is 3.06 bits per heavy atom. The van der Waals surface area contributed by atoms with E-state index in [-0.39, 0.29) is 0 Å². The average molecular weight is 339 g/mol. The zero-order valence-corrected chi connectivity index (χ0v) is 11.3. The molecular weight excluding hydrogens is 329 g/mol. The Labute approximate surface area is 112 Å². The zero-order valence-electron chi connectivity index (χ0n) is 9.11. The van der Waals surface area contributed by atoms with Crippen LogP contribution in [0.15, 0.2) is 29.4 Å². The number of hydrogen-bond donors (Lipinski definition) is 2. The summed E-state index contributed by atoms with van der Waals surface area (Å²) < 4.78 is 2.84. The summed E-state index contributed by atoms with van der Waals surface area (Å²) >= 11 is 2.25. The molecule has 0 aliphatic carbocycles. The maximum atomic E-state index is 5.98. The van der Waals surface area contributed by atoms with Crippen LogP contribution in [-0.4, -0.2) is 15.6 Å². The van der Waals surface area contributed by atoms with Crippen LogP contribution < -0.4 is 11.1 Å². The molecule has 0 spiro atoms. The van der Waals surface area contributed by atoms with Crippen molar-refractivity contribution in [1.82, 2.24) is 9.78 Å². The lowest BCUT2D eigenvalue weighted by Crippen LogP contribution is -2.12. The van der Waals surface area contributed by atoms with Gasteiger partial charge in [0, 0.05) is 16.8 Å². The highest BCUT2D eigenvalue weighted by atomic mass is 127. The number of anilines is 2. The van der Waals surface area contributed by atoms with Crippen LogP contribution in [-0.2, 0) is 7.05 Å². The molecule has 0 unspecified atom stereocenters. The van der Waals surface area contributed by atoms with Crippen molar-refractivity contribution in [3.63, 3.8) is 0 Å². The number of nitrogens with zero attached hydrogens (tertiary/aromatic N) is 3. The van der Waals surface area contributed by atoms with Crippen molar-refractivity contribution in [3.8, 4) is 0 Å². The summed E-state index contributed by atoms with van der Waals surface area (Å²) in [5.41, 5.74) is 8.58. The van der Waals surface area contributed by atoms with Gasteiger partial charge >= 0.3 is 0 Å². The van der Waals surface area contributed by atoms with Crippen molar-refractivity contribution in [2.24, 2.45) is 17.8 Å². The topological polar surface area (TPSA) is 68.2 Å². The number of hydrogen-bond acceptors (Lipinski definition) is 4. The SMILES string of the molecule is Cn1cc2c(n1)Nc1ccc(I)cc1N=C2N. The van der Waals surface area contributed by atoms with E-state index in [9.17, 15) is 0 Å². The van der Waals surface area contributed by atoms with E-state index in [0.717, 1.165) is 26.3 Å². The molecule has 86 valence electrons. The van der Waals surface area contributed by atoms with Gasteiger partial charge in [0.2, 0.25) is 0 Å². The highest BCUT2D eigenvalue weighted by Crippen LogP contribution is 2.33. The zero-order chi connectivity index (χ0) is 12.0. The molecule has 5 nitrogen and oxygen atoms in total. The smallest absolute Gasteiger partial charge is 0.163 e. The van der Waals surface area contributed by atoms with Gasteiger partial charge in [-0.15, -0.1) is 0 Å². The first kappa shape index (κ1) is 10.6. The molecule has 0 fully saturated rings. The lowest BCUT2D eigenvalue weighted by Gasteiger charge is -2.05. The summed E-state index contributed by atoms with van der Waals surface area (Å²) in [5, 5.41) is 7.58. The van der Waals surface area contributed by atoms with E-state index in [1.165, 1.54) is 0 Å². The lowest BCUT2D eigenvalue weighted by atomic mass is 10.3. The van der Waals surface area contributed by atoms with Gasteiger partial charge in [0.25, 0.3) is 0 Å². The van der Waals surface area contributed by atoms with Crippen molar-refractivity contribution in [1.29, 1.82) is 0 Å². The molecule has 1 aliphatic heterocycles. The van der Waals surface area contributed by atoms with E-state index < -0.39 is 0 Å². The molecule has 0 atom stereocenters. The first-order valence-electron chi connectivity index (χ1n) is 5.08. The Morgan fingerprint density at radius 2 is 2.24 bits per heavy atom. The predicted molar refractivity (Wildman–Crippen MR) is 76.0 cm³/mol. The molecule has 3 rings (SSSR count). The molecule has 0 amide bonds. The Morgan fingerprint density at radius 1 is 1.41 bits per heavy atom. The van der Waals surface area contributed by atoms with Crippen LogP contribution in [0.2, 0.25) is 0 Å². The number of rotatable bonds is 0. The fourth-order valence-corrected chi connectivity index (χ4v) is 2.26. The van der Waals surface area contributed by atoms with Gasteiger partial charge in [0.1, 0.15) is 5.84 Å². The van der Waals surface area contributed by atoms with Gasteiger partial charge in [-0.05, 0) is 40.8 Å². The molecule has 6 heteroatoms. The second-order valence-electron chi connectivity index (χ2n) is 3.85. The molecule has 2 aromatic rings. The molecular formula is C11H10IN5. The number of fused-ring (bicyclic) bond motifs is 2. The summed E-state index contributed by atoms with van der Waals surface area (Å²) in [5.74, 6) is 1.23. The highest BCUT2D eigenvalue weighted by molar-refractivity contribution is 14.1. The van der Waals surface area contributed by atoms with Crippen LogP contribution in [0.4, 0.5) is 17.2 Å². The van der Waals surface area contributed by atoms with E-state index in [4.69, 9.17) is 5.73 Å². The molecule has 1 aromatic heterocycles. The van der Waals surface area contributed by atoms with Crippen LogP contribution in [0, 0.1) is 3.57 Å². The number of nitrogens with two attached hydrogens (primary N) is 1. The summed E-state index contributed by atoms with van der Waals surface area (Å²) in [6.45, 7) is 0. The number of benzene rings is 1. The number of amidine groups is 1. The maximum absolute atomic E-state index is 5.98. The summed E-state index contributed by atoms with van der Waals surface area (Å²) in [4.78, 5) is 4.43. The molecule has 0 radical (unpaired) electrons. The number of aryl methyl sites for hydroxylation is 1. The Hall–Kier alpha value is -1.57. The van der Waals surface area contributed by atoms with Gasteiger partial charge in [-0.1, -0.05) is 0 Å². The Kier molecular flexibility index (Phi) is 2.32. The molecule has 0 bridgehead atoms. The number of halogens is 1. The van der Waals surface area contributed by atoms with Crippen LogP contribution in [0.3, 0.4) is 0 Å². The molecule has 0 saturated heterocycles. The molecule has 1 aromatic carbocycles. The van der Waals surface area contributed by atoms with Gasteiger partial charge in [0.15, 0.2) is 5.82 Å². The van der Waals surface area contributed by atoms with Gasteiger partial charge in [-0.3, -0.25) is 4.68 Å². The van der Waals surface area contributed by atoms with E-state index >= 15 is 0 Å². The highest BCUT2D eigenvalue weighted by Gasteiger charge is 2.17. The maximum Gasteiger partial charge on any atom is 0.163 e. The van der Waals surface area contributed by atoms with Crippen LogP contribution in [0.25, 0.3) is 0 Å². The van der Waals surface area contributed by atoms with Crippen molar-refractivity contribution in [3.05, 3.63) is 33.5 Å². The van der Waals surface area contributed by atoms with Gasteiger partial charge in [-0.2, -0.15) is 5.10 Å². The normalized spacial score (nSPS) is 13.2. The van der Waals surface area contributed by atoms with Crippen LogP contribution in [0.1, 0.15) is 5.56 Å². The minimum atomic E-state index is 0.487. The molecule has 3 N–H and O–H groups in total. The number of aliphatic imine (C=N–C) groups is 1. The summed E-state index contributed by atoms with van der Waals surface area (Å²) in [6, 6.07) is 5.99. The van der Waals surface area contributed by atoms with Gasteiger partial charge in [0.05, 0.1) is 16.9 Å². The van der Waals surface area contributed by atoms with Crippen LogP contribution >= 0.6 is 22.6 Å². The molecule has 17 heavy (non-hydrogen) atoms. The fraction of sp³-hybridized carbons (Fsp3) is 0.0909. The molecule has 1 aliphatic rings. The van der Waals surface area contributed by atoms with E-state index in [2.05, 4.69) is 38.0 Å². The van der Waals surface area contributed by atoms with E-state index in [0.29, 0.717) is 5.84 Å². The minimum absolute atomic E-state index is 0.487. The summed E-state index contributed by atoms with van der Waals surface area (Å²) in [6.07, 6.45) is 1.86. The first-order chi connectivity index (χ1) is 8.13. The minimum Gasteiger partial charge on any atom is -0.383 e. The van der Waals surface area contributed by atoms with Crippen molar-refractivity contribution >= 4 is 45.6 Å². The second kappa shape index (κ2) is 3.73. The van der Waals surface area contributed by atoms with E-state index in [1.807, 2.05) is 31.4 Å².